The first-order valence-corrected chi connectivity index (χ1v) is 2.07. The Morgan fingerprint density at radius 1 is 1.29 bits per heavy atom. The van der Waals surface area contributed by atoms with E-state index in [1.807, 2.05) is 0 Å². The molecule has 7 heavy (non-hydrogen) atoms. The van der Waals surface area contributed by atoms with Crippen molar-refractivity contribution in [3.05, 3.63) is 0 Å². The van der Waals surface area contributed by atoms with Gasteiger partial charge in [0.05, 0.1) is 6.67 Å². The molecular weight excluding hydrogens is 105 g/mol. The number of hydrogen-bond acceptors (Lipinski definition) is 0. The summed E-state index contributed by atoms with van der Waals surface area (Å²) in [6, 6.07) is 0. The average Bonchev–Trinajstić information content (AvgIpc) is 1.68. The van der Waals surface area contributed by atoms with E-state index < -0.39 is 19.5 Å². The van der Waals surface area contributed by atoms with Gasteiger partial charge in [-0.2, -0.15) is 0 Å². The minimum Gasteiger partial charge on any atom is -0.251 e. The summed E-state index contributed by atoms with van der Waals surface area (Å²) < 4.78 is 33.6. The number of halogens is 3. The summed E-state index contributed by atoms with van der Waals surface area (Å²) in [5.41, 5.74) is 0. The fourth-order valence-corrected chi connectivity index (χ4v) is 0.196. The molecule has 3 heteroatoms. The molecule has 1 atom stereocenters. The Hall–Kier alpha value is -0.210. The van der Waals surface area contributed by atoms with E-state index in [4.69, 9.17) is 0 Å². The second-order valence-electron chi connectivity index (χ2n) is 1.23. The monoisotopic (exact) mass is 112 g/mol. The third kappa shape index (κ3) is 3.62. The molecule has 0 fully saturated rings. The van der Waals surface area contributed by atoms with Crippen molar-refractivity contribution in [3.63, 3.8) is 0 Å². The summed E-state index contributed by atoms with van der Waals surface area (Å²) in [5, 5.41) is 0. The second kappa shape index (κ2) is 3.96. The number of hydrogen-bond donors (Lipinski definition) is 0. The maximum absolute atomic E-state index is 11.5. The van der Waals surface area contributed by atoms with E-state index in [-0.39, 0.29) is 6.42 Å². The van der Waals surface area contributed by atoms with Crippen molar-refractivity contribution in [2.75, 3.05) is 13.3 Å². The second-order valence-corrected chi connectivity index (χ2v) is 1.23. The minimum atomic E-state index is -1.59. The third-order valence-electron chi connectivity index (χ3n) is 0.590. The minimum absolute atomic E-state index is 0.309. The van der Waals surface area contributed by atoms with Gasteiger partial charge in [-0.25, -0.2) is 8.78 Å². The number of alkyl halides is 3. The third-order valence-corrected chi connectivity index (χ3v) is 0.590. The van der Waals surface area contributed by atoms with Crippen molar-refractivity contribution in [1.82, 2.24) is 0 Å². The zero-order valence-corrected chi connectivity index (χ0v) is 3.83. The van der Waals surface area contributed by atoms with Crippen molar-refractivity contribution >= 4 is 0 Å². The Morgan fingerprint density at radius 2 is 1.86 bits per heavy atom. The number of rotatable bonds is 3. The SMILES string of the molecule is FCCC(F)CF. The van der Waals surface area contributed by atoms with Gasteiger partial charge in [-0.1, -0.05) is 0 Å². The summed E-state index contributed by atoms with van der Waals surface area (Å²) in [5.74, 6) is 0. The van der Waals surface area contributed by atoms with Gasteiger partial charge in [-0.15, -0.1) is 0 Å². The summed E-state index contributed by atoms with van der Waals surface area (Å²) >= 11 is 0. The van der Waals surface area contributed by atoms with Crippen LogP contribution in [0, 0.1) is 0 Å². The van der Waals surface area contributed by atoms with E-state index in [1.54, 1.807) is 0 Å². The molecule has 0 amide bonds. The maximum Gasteiger partial charge on any atom is 0.131 e. The normalized spacial score (nSPS) is 14.1. The van der Waals surface area contributed by atoms with Crippen LogP contribution in [0.25, 0.3) is 0 Å². The standard InChI is InChI=1S/C4H7F3/c5-2-1-4(7)3-6/h4H,1-3H2. The van der Waals surface area contributed by atoms with Gasteiger partial charge < -0.3 is 0 Å². The van der Waals surface area contributed by atoms with E-state index in [0.717, 1.165) is 0 Å². The molecule has 0 saturated carbocycles. The molecule has 1 unspecified atom stereocenters. The highest BCUT2D eigenvalue weighted by molar-refractivity contribution is 4.49. The molecular formula is C4H7F3. The first-order valence-electron chi connectivity index (χ1n) is 2.07. The molecule has 0 aliphatic rings. The molecule has 0 aromatic carbocycles. The van der Waals surface area contributed by atoms with Crippen LogP contribution in [0.2, 0.25) is 0 Å². The lowest BCUT2D eigenvalue weighted by Gasteiger charge is -1.94. The smallest absolute Gasteiger partial charge is 0.131 e. The molecule has 0 radical (unpaired) electrons. The fraction of sp³-hybridized carbons (Fsp3) is 1.00. The molecule has 0 bridgehead atoms. The van der Waals surface area contributed by atoms with Gasteiger partial charge in [0.1, 0.15) is 12.8 Å². The molecule has 44 valence electrons. The highest BCUT2D eigenvalue weighted by Gasteiger charge is 2.02. The van der Waals surface area contributed by atoms with Crippen molar-refractivity contribution in [1.29, 1.82) is 0 Å². The van der Waals surface area contributed by atoms with Gasteiger partial charge in [-0.3, -0.25) is 4.39 Å². The van der Waals surface area contributed by atoms with Gasteiger partial charge in [0.15, 0.2) is 0 Å². The van der Waals surface area contributed by atoms with Crippen molar-refractivity contribution in [3.8, 4) is 0 Å². The quantitative estimate of drug-likeness (QED) is 0.520. The molecule has 0 aromatic heterocycles. The fourth-order valence-electron chi connectivity index (χ4n) is 0.196. The van der Waals surface area contributed by atoms with Crippen molar-refractivity contribution < 1.29 is 13.2 Å². The lowest BCUT2D eigenvalue weighted by Crippen LogP contribution is -2.02. The highest BCUT2D eigenvalue weighted by atomic mass is 19.2. The van der Waals surface area contributed by atoms with Crippen LogP contribution < -0.4 is 0 Å². The zero-order chi connectivity index (χ0) is 5.70. The van der Waals surface area contributed by atoms with Crippen LogP contribution in [0.3, 0.4) is 0 Å². The largest absolute Gasteiger partial charge is 0.251 e. The van der Waals surface area contributed by atoms with Crippen LogP contribution in [-0.4, -0.2) is 19.5 Å². The molecule has 0 rings (SSSR count). The van der Waals surface area contributed by atoms with Crippen molar-refractivity contribution in [2.45, 2.75) is 12.6 Å². The summed E-state index contributed by atoms with van der Waals surface area (Å²) in [7, 11) is 0. The molecule has 0 spiro atoms. The van der Waals surface area contributed by atoms with E-state index in [2.05, 4.69) is 0 Å². The first-order chi connectivity index (χ1) is 3.31. The average molecular weight is 112 g/mol. The molecule has 0 heterocycles. The Bertz CT molecular complexity index is 37.9. The molecule has 0 aliphatic heterocycles. The highest BCUT2D eigenvalue weighted by Crippen LogP contribution is 1.97. The molecule has 0 saturated heterocycles. The predicted molar refractivity (Wildman–Crippen MR) is 21.5 cm³/mol. The van der Waals surface area contributed by atoms with Crippen LogP contribution >= 0.6 is 0 Å². The predicted octanol–water partition coefficient (Wildman–Crippen LogP) is 1.65. The van der Waals surface area contributed by atoms with Gasteiger partial charge in [0.25, 0.3) is 0 Å². The summed E-state index contributed by atoms with van der Waals surface area (Å²) in [6.07, 6.45) is -1.90. The van der Waals surface area contributed by atoms with Crippen molar-refractivity contribution in [2.24, 2.45) is 0 Å². The van der Waals surface area contributed by atoms with Crippen LogP contribution in [0.4, 0.5) is 13.2 Å². The molecule has 0 N–H and O–H groups in total. The molecule has 0 aliphatic carbocycles. The van der Waals surface area contributed by atoms with Gasteiger partial charge >= 0.3 is 0 Å². The Balaban J connectivity index is 2.83. The Morgan fingerprint density at radius 3 is 2.00 bits per heavy atom. The van der Waals surface area contributed by atoms with Gasteiger partial charge in [-0.05, 0) is 0 Å². The van der Waals surface area contributed by atoms with Gasteiger partial charge in [0.2, 0.25) is 0 Å². The Labute approximate surface area is 40.3 Å². The van der Waals surface area contributed by atoms with E-state index >= 15 is 0 Å². The summed E-state index contributed by atoms with van der Waals surface area (Å²) in [4.78, 5) is 0. The van der Waals surface area contributed by atoms with Crippen LogP contribution in [0.1, 0.15) is 6.42 Å². The van der Waals surface area contributed by atoms with Crippen LogP contribution in [-0.2, 0) is 0 Å². The molecule has 0 aromatic rings. The first kappa shape index (κ1) is 6.79. The van der Waals surface area contributed by atoms with Gasteiger partial charge in [0, 0.05) is 6.42 Å². The molecule has 0 nitrogen and oxygen atoms in total. The lowest BCUT2D eigenvalue weighted by molar-refractivity contribution is 0.230. The van der Waals surface area contributed by atoms with Crippen LogP contribution in [0.5, 0.6) is 0 Å². The van der Waals surface area contributed by atoms with E-state index in [0.29, 0.717) is 0 Å². The summed E-state index contributed by atoms with van der Waals surface area (Å²) in [6.45, 7) is -1.84. The zero-order valence-electron chi connectivity index (χ0n) is 3.83. The topological polar surface area (TPSA) is 0 Å². The lowest BCUT2D eigenvalue weighted by atomic mass is 10.3. The van der Waals surface area contributed by atoms with Crippen LogP contribution in [0.15, 0.2) is 0 Å². The van der Waals surface area contributed by atoms with E-state index in [9.17, 15) is 13.2 Å². The maximum atomic E-state index is 11.5. The Kier molecular flexibility index (Phi) is 3.84. The van der Waals surface area contributed by atoms with E-state index in [1.165, 1.54) is 0 Å².